The number of aliphatic hydroxyl groups is 2. The number of carboxylic acids is 1. The fraction of sp³-hybridized carbons (Fsp3) is 0.553. The fourth-order valence-electron chi connectivity index (χ4n) is 5.75. The summed E-state index contributed by atoms with van der Waals surface area (Å²) in [6.45, 7) is 4.87. The van der Waals surface area contributed by atoms with Gasteiger partial charge in [-0.2, -0.15) is 0 Å². The molecule has 15 heteroatoms. The topological polar surface area (TPSA) is 252 Å². The van der Waals surface area contributed by atoms with Gasteiger partial charge >= 0.3 is 5.97 Å². The highest BCUT2D eigenvalue weighted by Crippen LogP contribution is 2.17. The van der Waals surface area contributed by atoms with Gasteiger partial charge in [0.15, 0.2) is 0 Å². The first-order chi connectivity index (χ1) is 25.1. The number of carbonyl (C=O) groups excluding carboxylic acids is 4. The minimum atomic E-state index is -1.63. The summed E-state index contributed by atoms with van der Waals surface area (Å²) < 4.78 is 0. The average molecular weight is 744 g/mol. The highest BCUT2D eigenvalue weighted by molar-refractivity contribution is 5.95. The summed E-state index contributed by atoms with van der Waals surface area (Å²) >= 11 is 0. The Morgan fingerprint density at radius 1 is 0.736 bits per heavy atom. The number of carboxylic acid groups (broad SMARTS) is 1. The van der Waals surface area contributed by atoms with Crippen LogP contribution in [0.4, 0.5) is 0 Å². The molecule has 6 unspecified atom stereocenters. The van der Waals surface area contributed by atoms with E-state index in [1.165, 1.54) is 55.6 Å². The van der Waals surface area contributed by atoms with Crippen LogP contribution in [0.15, 0.2) is 48.5 Å². The first-order valence-corrected chi connectivity index (χ1v) is 18.1. The predicted molar refractivity (Wildman–Crippen MR) is 198 cm³/mol. The maximum Gasteiger partial charge on any atom is 0.326 e. The molecule has 2 aromatic carbocycles. The summed E-state index contributed by atoms with van der Waals surface area (Å²) in [4.78, 5) is 67.4. The summed E-state index contributed by atoms with van der Waals surface area (Å²) in [5.41, 5.74) is 7.09. The van der Waals surface area contributed by atoms with Crippen molar-refractivity contribution in [1.29, 1.82) is 0 Å². The number of likely N-dealkylation sites (N-methyl/N-ethyl adjacent to an activating group) is 1. The van der Waals surface area contributed by atoms with Crippen LogP contribution in [0.5, 0.6) is 11.5 Å². The Morgan fingerprint density at radius 2 is 1.23 bits per heavy atom. The predicted octanol–water partition coefficient (Wildman–Crippen LogP) is 1.34. The number of nitrogens with one attached hydrogen (secondary N) is 3. The average Bonchev–Trinajstić information content (AvgIpc) is 3.12. The lowest BCUT2D eigenvalue weighted by atomic mass is 9.99. The zero-order valence-corrected chi connectivity index (χ0v) is 31.0. The largest absolute Gasteiger partial charge is 0.508 e. The van der Waals surface area contributed by atoms with Crippen molar-refractivity contribution >= 4 is 29.6 Å². The summed E-state index contributed by atoms with van der Waals surface area (Å²) in [6, 6.07) is 5.32. The van der Waals surface area contributed by atoms with Crippen molar-refractivity contribution in [2.24, 2.45) is 11.7 Å². The highest BCUT2D eigenvalue weighted by Gasteiger charge is 2.36. The van der Waals surface area contributed by atoms with Gasteiger partial charge in [0.05, 0.1) is 6.61 Å². The molecule has 2 rings (SSSR count). The Hall–Kier alpha value is -4.73. The number of phenolic OH excluding ortho intramolecular Hbond substituents is 2. The van der Waals surface area contributed by atoms with Crippen molar-refractivity contribution in [2.75, 3.05) is 13.7 Å². The van der Waals surface area contributed by atoms with Crippen LogP contribution in [0, 0.1) is 5.92 Å². The minimum Gasteiger partial charge on any atom is -0.508 e. The molecule has 2 aromatic rings. The number of hydrogen-bond acceptors (Lipinski definition) is 10. The monoisotopic (exact) mass is 743 g/mol. The van der Waals surface area contributed by atoms with Gasteiger partial charge in [-0.15, -0.1) is 0 Å². The normalized spacial score (nSPS) is 14.6. The van der Waals surface area contributed by atoms with Gasteiger partial charge in [0, 0.05) is 25.9 Å². The second kappa shape index (κ2) is 22.4. The molecular weight excluding hydrogens is 686 g/mol. The third-order valence-electron chi connectivity index (χ3n) is 8.92. The number of nitrogens with two attached hydrogens (primary N) is 1. The number of benzene rings is 2. The van der Waals surface area contributed by atoms with Crippen LogP contribution >= 0.6 is 0 Å². The molecule has 294 valence electrons. The molecule has 4 amide bonds. The molecule has 0 fully saturated rings. The molecule has 6 atom stereocenters. The Kier molecular flexibility index (Phi) is 18.7. The van der Waals surface area contributed by atoms with Crippen LogP contribution in [-0.4, -0.2) is 110 Å². The van der Waals surface area contributed by atoms with Crippen LogP contribution in [0.1, 0.15) is 76.8 Å². The number of aromatic hydroxyl groups is 2. The molecule has 15 nitrogen and oxygen atoms in total. The summed E-state index contributed by atoms with van der Waals surface area (Å²) in [5, 5.41) is 57.4. The van der Waals surface area contributed by atoms with Gasteiger partial charge in [-0.25, -0.2) is 4.79 Å². The van der Waals surface area contributed by atoms with E-state index in [1.54, 1.807) is 0 Å². The van der Waals surface area contributed by atoms with Gasteiger partial charge in [-0.05, 0) is 54.2 Å². The van der Waals surface area contributed by atoms with Crippen molar-refractivity contribution < 1.29 is 49.5 Å². The lowest BCUT2D eigenvalue weighted by Crippen LogP contribution is -2.60. The van der Waals surface area contributed by atoms with Crippen LogP contribution in [0.2, 0.25) is 0 Å². The van der Waals surface area contributed by atoms with Gasteiger partial charge in [0.25, 0.3) is 5.91 Å². The molecule has 0 heterocycles. The molecule has 53 heavy (non-hydrogen) atoms. The number of unbranched alkanes of at least 4 members (excludes halogenated alkanes) is 4. The van der Waals surface area contributed by atoms with E-state index in [2.05, 4.69) is 22.9 Å². The number of amides is 4. The molecule has 10 N–H and O–H groups in total. The van der Waals surface area contributed by atoms with Crippen LogP contribution in [-0.2, 0) is 36.8 Å². The molecule has 0 aromatic heterocycles. The quantitative estimate of drug-likeness (QED) is 0.0735. The Labute approximate surface area is 311 Å². The summed E-state index contributed by atoms with van der Waals surface area (Å²) in [5.74, 6) is -4.88. The molecule has 0 bridgehead atoms. The van der Waals surface area contributed by atoms with E-state index in [0.717, 1.165) is 30.6 Å². The van der Waals surface area contributed by atoms with E-state index in [9.17, 15) is 49.5 Å². The third-order valence-corrected chi connectivity index (χ3v) is 8.92. The van der Waals surface area contributed by atoms with Crippen LogP contribution in [0.25, 0.3) is 0 Å². The highest BCUT2D eigenvalue weighted by atomic mass is 16.4. The Balaban J connectivity index is 2.27. The Morgan fingerprint density at radius 3 is 1.72 bits per heavy atom. The maximum absolute atomic E-state index is 14.0. The third kappa shape index (κ3) is 15.0. The van der Waals surface area contributed by atoms with Crippen molar-refractivity contribution in [2.45, 2.75) is 115 Å². The number of aliphatic hydroxyl groups excluding tert-OH is 2. The second-order valence-electron chi connectivity index (χ2n) is 13.9. The zero-order valence-electron chi connectivity index (χ0n) is 31.0. The number of rotatable bonds is 23. The standard InChI is InChI=1S/C38H57N5O10/c1-5-6-7-8-9-10-28(39)33(47)36(50)42-31(22-44)37(51)43(4)32(19-23(2)3)35(49)40-29(20-24-11-15-26(45)16-12-24)34(48)41-30(38(52)53)21-25-13-17-27(46)18-14-25/h11-18,23,28-33,44-47H,5-10,19-22,39H2,1-4H3,(H,40,49)(H,41,48)(H,42,50)(H,52,53). The minimum absolute atomic E-state index is 0.0151. The van der Waals surface area contributed by atoms with Gasteiger partial charge < -0.3 is 52.1 Å². The number of nitrogens with zero attached hydrogens (tertiary/aromatic N) is 1. The molecule has 0 aliphatic carbocycles. The number of carbonyl (C=O) groups is 5. The first-order valence-electron chi connectivity index (χ1n) is 18.1. The number of aliphatic carboxylic acids is 1. The van der Waals surface area contributed by atoms with Gasteiger partial charge in [0.2, 0.25) is 17.7 Å². The SMILES string of the molecule is CCCCCCCC(N)C(O)C(=O)NC(CO)C(=O)N(C)C(CC(C)C)C(=O)NC(Cc1ccc(O)cc1)C(=O)NC(Cc1ccc(O)cc1)C(=O)O. The smallest absolute Gasteiger partial charge is 0.326 e. The van der Waals surface area contributed by atoms with E-state index in [1.807, 2.05) is 13.8 Å². The maximum atomic E-state index is 14.0. The second-order valence-corrected chi connectivity index (χ2v) is 13.9. The molecule has 0 aliphatic rings. The van der Waals surface area contributed by atoms with E-state index in [0.29, 0.717) is 24.0 Å². The molecule has 0 saturated carbocycles. The van der Waals surface area contributed by atoms with Crippen LogP contribution in [0.3, 0.4) is 0 Å². The van der Waals surface area contributed by atoms with Crippen molar-refractivity contribution in [3.8, 4) is 11.5 Å². The number of hydrogen-bond donors (Lipinski definition) is 9. The summed E-state index contributed by atoms with van der Waals surface area (Å²) in [6.07, 6.45) is 3.38. The molecular formula is C38H57N5O10. The van der Waals surface area contributed by atoms with Crippen molar-refractivity contribution in [3.63, 3.8) is 0 Å². The van der Waals surface area contributed by atoms with E-state index in [4.69, 9.17) is 5.73 Å². The van der Waals surface area contributed by atoms with Gasteiger partial charge in [0.1, 0.15) is 41.8 Å². The van der Waals surface area contributed by atoms with Crippen LogP contribution < -0.4 is 21.7 Å². The lowest BCUT2D eigenvalue weighted by molar-refractivity contribution is -0.145. The van der Waals surface area contributed by atoms with E-state index in [-0.39, 0.29) is 36.7 Å². The molecule has 0 radical (unpaired) electrons. The van der Waals surface area contributed by atoms with Gasteiger partial charge in [-0.3, -0.25) is 19.2 Å². The molecule has 0 saturated heterocycles. The zero-order chi connectivity index (χ0) is 39.7. The molecule has 0 aliphatic heterocycles. The lowest BCUT2D eigenvalue weighted by Gasteiger charge is -2.33. The summed E-state index contributed by atoms with van der Waals surface area (Å²) in [7, 11) is 1.31. The fourth-order valence-corrected chi connectivity index (χ4v) is 5.75. The molecule has 0 spiro atoms. The van der Waals surface area contributed by atoms with Crippen molar-refractivity contribution in [3.05, 3.63) is 59.7 Å². The van der Waals surface area contributed by atoms with Crippen molar-refractivity contribution in [1.82, 2.24) is 20.9 Å². The Bertz CT molecular complexity index is 1470. The number of phenols is 2. The van der Waals surface area contributed by atoms with E-state index >= 15 is 0 Å². The first kappa shape index (κ1) is 44.4. The van der Waals surface area contributed by atoms with Gasteiger partial charge in [-0.1, -0.05) is 77.1 Å². The van der Waals surface area contributed by atoms with E-state index < -0.39 is 72.5 Å².